The lowest BCUT2D eigenvalue weighted by molar-refractivity contribution is -0.159. The molecule has 0 bridgehead atoms. The molecule has 11 nitrogen and oxygen atoms in total. The van der Waals surface area contributed by atoms with Crippen LogP contribution in [0, 0.1) is 11.3 Å². The smallest absolute Gasteiger partial charge is 0.421 e. The van der Waals surface area contributed by atoms with E-state index in [1.807, 2.05) is 0 Å². The summed E-state index contributed by atoms with van der Waals surface area (Å²) in [7, 11) is -4.67. The quantitative estimate of drug-likeness (QED) is 0.401. The number of carbonyl (C=O) groups excluding carboxylic acids is 3. The SMILES string of the molecule is CC(C)OC(=O)C(C)(C)COS(=O)(=O)ON(C(N)=O)C1CCC(C(N)=O)CC1. The number of nitrogens with two attached hydrogens (primary N) is 2. The van der Waals surface area contributed by atoms with Gasteiger partial charge in [-0.15, -0.1) is 4.28 Å². The van der Waals surface area contributed by atoms with Crippen LogP contribution in [0.2, 0.25) is 0 Å². The van der Waals surface area contributed by atoms with Crippen LogP contribution in [0.5, 0.6) is 0 Å². The summed E-state index contributed by atoms with van der Waals surface area (Å²) in [4.78, 5) is 34.9. The summed E-state index contributed by atoms with van der Waals surface area (Å²) in [6, 6.07) is -1.77. The molecule has 1 rings (SSSR count). The number of esters is 1. The van der Waals surface area contributed by atoms with Gasteiger partial charge in [-0.1, -0.05) is 0 Å². The molecule has 0 aromatic carbocycles. The van der Waals surface area contributed by atoms with Crippen molar-refractivity contribution in [2.75, 3.05) is 6.61 Å². The zero-order valence-electron chi connectivity index (χ0n) is 16.5. The molecule has 28 heavy (non-hydrogen) atoms. The Morgan fingerprint density at radius 1 is 1.11 bits per heavy atom. The number of hydrogen-bond acceptors (Lipinski definition) is 8. The molecule has 0 aromatic rings. The Bertz CT molecular complexity index is 684. The van der Waals surface area contributed by atoms with Crippen LogP contribution < -0.4 is 11.5 Å². The van der Waals surface area contributed by atoms with Gasteiger partial charge in [-0.25, -0.2) is 8.98 Å². The second-order valence-electron chi connectivity index (χ2n) is 7.65. The van der Waals surface area contributed by atoms with Gasteiger partial charge in [0.15, 0.2) is 0 Å². The second kappa shape index (κ2) is 9.52. The summed E-state index contributed by atoms with van der Waals surface area (Å²) in [5.74, 6) is -1.43. The first-order chi connectivity index (χ1) is 12.7. The van der Waals surface area contributed by atoms with Crippen LogP contribution in [0.3, 0.4) is 0 Å². The van der Waals surface area contributed by atoms with Crippen LogP contribution in [0.1, 0.15) is 53.4 Å². The average Bonchev–Trinajstić information content (AvgIpc) is 2.57. The van der Waals surface area contributed by atoms with Crippen molar-refractivity contribution >= 4 is 28.3 Å². The number of carbonyl (C=O) groups is 3. The number of amides is 3. The molecule has 0 saturated heterocycles. The van der Waals surface area contributed by atoms with Gasteiger partial charge in [0.05, 0.1) is 24.2 Å². The van der Waals surface area contributed by atoms with Crippen LogP contribution >= 0.6 is 0 Å². The lowest BCUT2D eigenvalue weighted by Gasteiger charge is -2.33. The second-order valence-corrected chi connectivity index (χ2v) is 8.86. The molecule has 1 saturated carbocycles. The predicted octanol–water partition coefficient (Wildman–Crippen LogP) is 0.582. The summed E-state index contributed by atoms with van der Waals surface area (Å²) in [5.41, 5.74) is 9.22. The fourth-order valence-corrected chi connectivity index (χ4v) is 3.52. The van der Waals surface area contributed by atoms with Crippen molar-refractivity contribution in [2.24, 2.45) is 22.8 Å². The third-order valence-electron chi connectivity index (χ3n) is 4.28. The molecular weight excluding hydrogens is 394 g/mol. The number of urea groups is 1. The zero-order chi connectivity index (χ0) is 21.7. The highest BCUT2D eigenvalue weighted by atomic mass is 32.3. The number of hydroxylamine groups is 2. The largest absolute Gasteiger partial charge is 0.462 e. The van der Waals surface area contributed by atoms with Crippen molar-refractivity contribution in [1.82, 2.24) is 5.06 Å². The minimum Gasteiger partial charge on any atom is -0.462 e. The van der Waals surface area contributed by atoms with E-state index in [1.54, 1.807) is 13.8 Å². The Balaban J connectivity index is 2.72. The molecule has 1 fully saturated rings. The van der Waals surface area contributed by atoms with Crippen molar-refractivity contribution in [3.63, 3.8) is 0 Å². The van der Waals surface area contributed by atoms with Crippen molar-refractivity contribution in [3.05, 3.63) is 0 Å². The highest BCUT2D eigenvalue weighted by molar-refractivity contribution is 7.81. The Morgan fingerprint density at radius 2 is 1.64 bits per heavy atom. The number of ether oxygens (including phenoxy) is 1. The Kier molecular flexibility index (Phi) is 8.20. The summed E-state index contributed by atoms with van der Waals surface area (Å²) < 4.78 is 38.8. The fourth-order valence-electron chi connectivity index (χ4n) is 2.64. The molecular formula is C16H29N3O8S. The first-order valence-electron chi connectivity index (χ1n) is 8.93. The van der Waals surface area contributed by atoms with E-state index in [0.717, 1.165) is 0 Å². The monoisotopic (exact) mass is 423 g/mol. The molecule has 3 amide bonds. The molecule has 1 aliphatic carbocycles. The topological polar surface area (TPSA) is 168 Å². The number of nitrogens with zero attached hydrogens (tertiary/aromatic N) is 1. The van der Waals surface area contributed by atoms with E-state index in [9.17, 15) is 22.8 Å². The van der Waals surface area contributed by atoms with Crippen molar-refractivity contribution < 1.29 is 36.0 Å². The first kappa shape index (κ1) is 24.1. The van der Waals surface area contributed by atoms with Gasteiger partial charge < -0.3 is 16.2 Å². The standard InChI is InChI=1S/C16H29N3O8S/c1-10(2)26-14(21)16(3,4)9-25-28(23,24)27-19(15(18)22)12-7-5-11(6-8-12)13(17)20/h10-12H,5-9H2,1-4H3,(H2,17,20)(H2,18,22). The molecule has 0 unspecified atom stereocenters. The van der Waals surface area contributed by atoms with Crippen molar-refractivity contribution in [2.45, 2.75) is 65.5 Å². The van der Waals surface area contributed by atoms with Gasteiger partial charge in [-0.2, -0.15) is 13.5 Å². The highest BCUT2D eigenvalue weighted by Gasteiger charge is 2.37. The van der Waals surface area contributed by atoms with E-state index in [4.69, 9.17) is 24.7 Å². The maximum Gasteiger partial charge on any atom is 0.421 e. The van der Waals surface area contributed by atoms with Crippen LogP contribution in [0.4, 0.5) is 4.79 Å². The zero-order valence-corrected chi connectivity index (χ0v) is 17.4. The highest BCUT2D eigenvalue weighted by Crippen LogP contribution is 2.28. The Labute approximate surface area is 164 Å². The average molecular weight is 423 g/mol. The van der Waals surface area contributed by atoms with E-state index in [1.165, 1.54) is 13.8 Å². The molecule has 4 N–H and O–H groups in total. The lowest BCUT2D eigenvalue weighted by atomic mass is 9.85. The molecule has 0 atom stereocenters. The van der Waals surface area contributed by atoms with E-state index < -0.39 is 46.4 Å². The molecule has 12 heteroatoms. The van der Waals surface area contributed by atoms with Crippen LogP contribution in [0.15, 0.2) is 0 Å². The van der Waals surface area contributed by atoms with Crippen molar-refractivity contribution in [1.29, 1.82) is 0 Å². The maximum absolute atomic E-state index is 12.1. The van der Waals surface area contributed by atoms with Gasteiger partial charge >= 0.3 is 22.4 Å². The summed E-state index contributed by atoms with van der Waals surface area (Å²) in [6.07, 6.45) is 0.960. The molecule has 0 aromatic heterocycles. The minimum atomic E-state index is -4.67. The summed E-state index contributed by atoms with van der Waals surface area (Å²) >= 11 is 0. The minimum absolute atomic E-state index is 0.290. The maximum atomic E-state index is 12.1. The third kappa shape index (κ3) is 7.24. The number of rotatable bonds is 9. The van der Waals surface area contributed by atoms with Crippen LogP contribution in [-0.2, 0) is 33.2 Å². The van der Waals surface area contributed by atoms with Gasteiger partial charge in [0, 0.05) is 5.92 Å². The molecule has 0 aliphatic heterocycles. The van der Waals surface area contributed by atoms with Gasteiger partial charge in [0.2, 0.25) is 5.91 Å². The normalized spacial score (nSPS) is 20.6. The molecule has 0 heterocycles. The van der Waals surface area contributed by atoms with E-state index >= 15 is 0 Å². The number of hydrogen-bond donors (Lipinski definition) is 2. The Hall–Kier alpha value is -1.92. The van der Waals surface area contributed by atoms with Gasteiger partial charge in [-0.3, -0.25) is 9.59 Å². The Morgan fingerprint density at radius 3 is 2.07 bits per heavy atom. The van der Waals surface area contributed by atoms with Crippen molar-refractivity contribution in [3.8, 4) is 0 Å². The van der Waals surface area contributed by atoms with Crippen LogP contribution in [-0.4, -0.2) is 50.1 Å². The lowest BCUT2D eigenvalue weighted by Crippen LogP contribution is -2.47. The van der Waals surface area contributed by atoms with Gasteiger partial charge in [-0.05, 0) is 53.4 Å². The molecule has 162 valence electrons. The fraction of sp³-hybridized carbons (Fsp3) is 0.812. The number of primary amides is 2. The van der Waals surface area contributed by atoms with E-state index in [-0.39, 0.29) is 24.9 Å². The molecule has 0 radical (unpaired) electrons. The van der Waals surface area contributed by atoms with Crippen LogP contribution in [0.25, 0.3) is 0 Å². The van der Waals surface area contributed by atoms with Gasteiger partial charge in [0.25, 0.3) is 0 Å². The summed E-state index contributed by atoms with van der Waals surface area (Å²) in [5, 5.41) is 0.520. The van der Waals surface area contributed by atoms with Gasteiger partial charge in [0.1, 0.15) is 0 Å². The summed E-state index contributed by atoms with van der Waals surface area (Å²) in [6.45, 7) is 5.66. The third-order valence-corrected chi connectivity index (χ3v) is 5.03. The van der Waals surface area contributed by atoms with E-state index in [2.05, 4.69) is 0 Å². The first-order valence-corrected chi connectivity index (χ1v) is 10.3. The molecule has 1 aliphatic rings. The predicted molar refractivity (Wildman–Crippen MR) is 97.3 cm³/mol. The van der Waals surface area contributed by atoms with E-state index in [0.29, 0.717) is 17.9 Å². The molecule has 0 spiro atoms.